The summed E-state index contributed by atoms with van der Waals surface area (Å²) in [5.41, 5.74) is 5.38. The van der Waals surface area contributed by atoms with Crippen LogP contribution >= 0.6 is 11.3 Å². The maximum absolute atomic E-state index is 11.9. The topological polar surface area (TPSA) is 72.2 Å². The Bertz CT molecular complexity index is 437. The number of hydrogen-bond acceptors (Lipinski definition) is 4. The molecule has 0 aliphatic heterocycles. The quantitative estimate of drug-likeness (QED) is 0.834. The van der Waals surface area contributed by atoms with Gasteiger partial charge < -0.3 is 5.73 Å². The molecule has 0 saturated carbocycles. The largest absolute Gasteiger partial charge is 0.329 e. The van der Waals surface area contributed by atoms with Crippen LogP contribution in [0.1, 0.15) is 16.7 Å². The van der Waals surface area contributed by atoms with Crippen molar-refractivity contribution in [3.8, 4) is 0 Å². The molecule has 0 bridgehead atoms. The summed E-state index contributed by atoms with van der Waals surface area (Å²) in [6.07, 6.45) is 0. The highest BCUT2D eigenvalue weighted by Crippen LogP contribution is 2.24. The van der Waals surface area contributed by atoms with Gasteiger partial charge in [-0.2, -0.15) is 0 Å². The molecule has 1 aromatic heterocycles. The van der Waals surface area contributed by atoms with E-state index < -0.39 is 10.0 Å². The number of rotatable bonds is 4. The Balaban J connectivity index is 3.01. The van der Waals surface area contributed by atoms with Crippen molar-refractivity contribution in [3.63, 3.8) is 0 Å². The van der Waals surface area contributed by atoms with Gasteiger partial charge in [0.2, 0.25) is 10.0 Å². The summed E-state index contributed by atoms with van der Waals surface area (Å²) >= 11 is 1.48. The van der Waals surface area contributed by atoms with E-state index in [0.717, 1.165) is 9.75 Å². The van der Waals surface area contributed by atoms with Gasteiger partial charge in [0.15, 0.2) is 0 Å². The van der Waals surface area contributed by atoms with E-state index in [1.165, 1.54) is 11.3 Å². The van der Waals surface area contributed by atoms with Gasteiger partial charge in [-0.05, 0) is 26.8 Å². The Morgan fingerprint density at radius 3 is 2.53 bits per heavy atom. The molecule has 6 heteroatoms. The zero-order valence-corrected chi connectivity index (χ0v) is 10.7. The van der Waals surface area contributed by atoms with Crippen molar-refractivity contribution < 1.29 is 8.42 Å². The van der Waals surface area contributed by atoms with Crippen molar-refractivity contribution >= 4 is 21.4 Å². The third kappa shape index (κ3) is 3.01. The fraction of sp³-hybridized carbons (Fsp3) is 0.556. The maximum atomic E-state index is 11.9. The molecule has 1 unspecified atom stereocenters. The summed E-state index contributed by atoms with van der Waals surface area (Å²) in [5.74, 6) is 0. The van der Waals surface area contributed by atoms with Crippen molar-refractivity contribution in [2.24, 2.45) is 5.73 Å². The maximum Gasteiger partial charge on any atom is 0.241 e. The van der Waals surface area contributed by atoms with Gasteiger partial charge in [0.1, 0.15) is 0 Å². The Morgan fingerprint density at radius 1 is 1.53 bits per heavy atom. The number of nitrogens with one attached hydrogen (secondary N) is 1. The number of thiophene rings is 1. The SMILES string of the molecule is Cc1cc(S(=O)(=O)NC(C)CN)c(C)s1. The van der Waals surface area contributed by atoms with Crippen LogP contribution in [-0.4, -0.2) is 21.0 Å². The smallest absolute Gasteiger partial charge is 0.241 e. The first-order valence-electron chi connectivity index (χ1n) is 4.66. The van der Waals surface area contributed by atoms with Crippen LogP contribution in [0.15, 0.2) is 11.0 Å². The van der Waals surface area contributed by atoms with Crippen LogP contribution in [0.4, 0.5) is 0 Å². The second kappa shape index (κ2) is 4.61. The van der Waals surface area contributed by atoms with E-state index >= 15 is 0 Å². The van der Waals surface area contributed by atoms with Crippen molar-refractivity contribution in [2.75, 3.05) is 6.54 Å². The molecule has 0 spiro atoms. The van der Waals surface area contributed by atoms with E-state index in [9.17, 15) is 8.42 Å². The number of hydrogen-bond donors (Lipinski definition) is 2. The third-order valence-electron chi connectivity index (χ3n) is 1.99. The minimum atomic E-state index is -3.40. The molecule has 0 aliphatic rings. The van der Waals surface area contributed by atoms with E-state index in [-0.39, 0.29) is 6.04 Å². The molecule has 0 amide bonds. The van der Waals surface area contributed by atoms with Crippen molar-refractivity contribution in [2.45, 2.75) is 31.7 Å². The summed E-state index contributed by atoms with van der Waals surface area (Å²) < 4.78 is 26.3. The molecule has 1 heterocycles. The van der Waals surface area contributed by atoms with Crippen LogP contribution in [-0.2, 0) is 10.0 Å². The molecule has 0 fully saturated rings. The fourth-order valence-corrected chi connectivity index (χ4v) is 4.06. The monoisotopic (exact) mass is 248 g/mol. The van der Waals surface area contributed by atoms with Gasteiger partial charge in [-0.15, -0.1) is 11.3 Å². The first kappa shape index (κ1) is 12.6. The molecular weight excluding hydrogens is 232 g/mol. The van der Waals surface area contributed by atoms with Crippen LogP contribution < -0.4 is 10.5 Å². The Hall–Kier alpha value is -0.430. The van der Waals surface area contributed by atoms with Crippen LogP contribution in [0.5, 0.6) is 0 Å². The molecule has 15 heavy (non-hydrogen) atoms. The van der Waals surface area contributed by atoms with E-state index in [4.69, 9.17) is 5.73 Å². The average Bonchev–Trinajstić information content (AvgIpc) is 2.45. The van der Waals surface area contributed by atoms with Crippen molar-refractivity contribution in [1.29, 1.82) is 0 Å². The molecular formula is C9H16N2O2S2. The standard InChI is InChI=1S/C9H16N2O2S2/c1-6(5-10)11-15(12,13)9-4-7(2)14-8(9)3/h4,6,11H,5,10H2,1-3H3. The average molecular weight is 248 g/mol. The lowest BCUT2D eigenvalue weighted by molar-refractivity contribution is 0.562. The van der Waals surface area contributed by atoms with E-state index in [1.807, 2.05) is 6.92 Å². The molecule has 0 radical (unpaired) electrons. The summed E-state index contributed by atoms with van der Waals surface area (Å²) in [5, 5.41) is 0. The van der Waals surface area contributed by atoms with E-state index in [2.05, 4.69) is 4.72 Å². The van der Waals surface area contributed by atoms with Crippen LogP contribution in [0.3, 0.4) is 0 Å². The lowest BCUT2D eigenvalue weighted by Gasteiger charge is -2.11. The highest BCUT2D eigenvalue weighted by Gasteiger charge is 2.20. The lowest BCUT2D eigenvalue weighted by Crippen LogP contribution is -2.37. The fourth-order valence-electron chi connectivity index (χ4n) is 1.25. The molecule has 1 atom stereocenters. The number of sulfonamides is 1. The summed E-state index contributed by atoms with van der Waals surface area (Å²) in [7, 11) is -3.40. The molecule has 1 rings (SSSR count). The molecule has 0 aliphatic carbocycles. The molecule has 3 N–H and O–H groups in total. The third-order valence-corrected chi connectivity index (χ3v) is 4.81. The van der Waals surface area contributed by atoms with Gasteiger partial charge in [0.05, 0.1) is 4.90 Å². The van der Waals surface area contributed by atoms with Gasteiger partial charge in [0, 0.05) is 22.3 Å². The molecule has 0 aromatic carbocycles. The Labute approximate surface area is 94.5 Å². The summed E-state index contributed by atoms with van der Waals surface area (Å²) in [6.45, 7) is 5.73. The van der Waals surface area contributed by atoms with Gasteiger partial charge in [0.25, 0.3) is 0 Å². The van der Waals surface area contributed by atoms with Crippen LogP contribution in [0.25, 0.3) is 0 Å². The summed E-state index contributed by atoms with van der Waals surface area (Å²) in [6, 6.07) is 1.44. The highest BCUT2D eigenvalue weighted by molar-refractivity contribution is 7.89. The first-order chi connectivity index (χ1) is 6.86. The zero-order valence-electron chi connectivity index (χ0n) is 9.07. The molecule has 4 nitrogen and oxygen atoms in total. The Morgan fingerprint density at radius 2 is 2.13 bits per heavy atom. The van der Waals surface area contributed by atoms with Gasteiger partial charge in [-0.1, -0.05) is 0 Å². The second-order valence-corrected chi connectivity index (χ2v) is 6.68. The summed E-state index contributed by atoms with van der Waals surface area (Å²) in [4.78, 5) is 2.17. The van der Waals surface area contributed by atoms with Crippen LogP contribution in [0, 0.1) is 13.8 Å². The highest BCUT2D eigenvalue weighted by atomic mass is 32.2. The first-order valence-corrected chi connectivity index (χ1v) is 6.96. The predicted molar refractivity (Wildman–Crippen MR) is 62.6 cm³/mol. The normalized spacial score (nSPS) is 14.1. The molecule has 86 valence electrons. The van der Waals surface area contributed by atoms with Crippen LogP contribution in [0.2, 0.25) is 0 Å². The second-order valence-electron chi connectivity index (χ2n) is 3.54. The van der Waals surface area contributed by atoms with E-state index in [1.54, 1.807) is 19.9 Å². The number of nitrogens with two attached hydrogens (primary N) is 1. The number of aryl methyl sites for hydroxylation is 2. The lowest BCUT2D eigenvalue weighted by atomic mass is 10.4. The van der Waals surface area contributed by atoms with Gasteiger partial charge in [-0.25, -0.2) is 13.1 Å². The van der Waals surface area contributed by atoms with Gasteiger partial charge >= 0.3 is 0 Å². The minimum absolute atomic E-state index is 0.241. The van der Waals surface area contributed by atoms with Crippen molar-refractivity contribution in [1.82, 2.24) is 4.72 Å². The zero-order chi connectivity index (χ0) is 11.6. The minimum Gasteiger partial charge on any atom is -0.329 e. The van der Waals surface area contributed by atoms with Gasteiger partial charge in [-0.3, -0.25) is 0 Å². The van der Waals surface area contributed by atoms with E-state index in [0.29, 0.717) is 11.4 Å². The molecule has 0 saturated heterocycles. The molecule has 1 aromatic rings. The Kier molecular flexibility index (Phi) is 3.88. The van der Waals surface area contributed by atoms with Crippen molar-refractivity contribution in [3.05, 3.63) is 15.8 Å². The predicted octanol–water partition coefficient (Wildman–Crippen LogP) is 0.990.